The van der Waals surface area contributed by atoms with E-state index in [4.69, 9.17) is 4.74 Å². The molecule has 24 heavy (non-hydrogen) atoms. The molecule has 3 rings (SSSR count). The Bertz CT molecular complexity index is 513. The van der Waals surface area contributed by atoms with Crippen LogP contribution in [0.2, 0.25) is 0 Å². The maximum Gasteiger partial charge on any atom is 0.118 e. The molecule has 0 unspecified atom stereocenters. The van der Waals surface area contributed by atoms with Gasteiger partial charge in [-0.05, 0) is 56.5 Å². The first-order chi connectivity index (χ1) is 11.7. The van der Waals surface area contributed by atoms with Gasteiger partial charge in [0.1, 0.15) is 5.75 Å². The van der Waals surface area contributed by atoms with Crippen LogP contribution >= 0.6 is 0 Å². The number of nitrogens with zero attached hydrogens (tertiary/aromatic N) is 2. The molecule has 0 bridgehead atoms. The summed E-state index contributed by atoms with van der Waals surface area (Å²) >= 11 is 0. The fourth-order valence-electron chi connectivity index (χ4n) is 3.77. The van der Waals surface area contributed by atoms with Crippen LogP contribution in [-0.4, -0.2) is 66.9 Å². The van der Waals surface area contributed by atoms with Crippen molar-refractivity contribution < 1.29 is 9.84 Å². The zero-order valence-electron chi connectivity index (χ0n) is 14.7. The summed E-state index contributed by atoms with van der Waals surface area (Å²) in [5.41, 5.74) is 1.22. The zero-order chi connectivity index (χ0) is 16.8. The standard InChI is InChI=1S/C20H30N2O2/c1-24-20-6-4-17(5-7-20)3-2-12-21-13-8-18(9-14-21)22-15-10-19(23)11-16-22/h2-7,18-19,23H,8-16H2,1H3/b3-2+. The van der Waals surface area contributed by atoms with Crippen LogP contribution in [-0.2, 0) is 0 Å². The van der Waals surface area contributed by atoms with Gasteiger partial charge in [0, 0.05) is 25.7 Å². The minimum atomic E-state index is -0.0653. The van der Waals surface area contributed by atoms with Gasteiger partial charge >= 0.3 is 0 Å². The third-order valence-electron chi connectivity index (χ3n) is 5.36. The molecule has 1 aromatic carbocycles. The predicted octanol–water partition coefficient (Wildman–Crippen LogP) is 2.63. The van der Waals surface area contributed by atoms with Crippen molar-refractivity contribution in [1.82, 2.24) is 9.80 Å². The normalized spacial score (nSPS) is 22.2. The monoisotopic (exact) mass is 330 g/mol. The van der Waals surface area contributed by atoms with Crippen molar-refractivity contribution >= 4 is 6.08 Å². The first-order valence-corrected chi connectivity index (χ1v) is 9.19. The van der Waals surface area contributed by atoms with Crippen molar-refractivity contribution in [3.63, 3.8) is 0 Å². The van der Waals surface area contributed by atoms with Gasteiger partial charge in [-0.1, -0.05) is 24.3 Å². The lowest BCUT2D eigenvalue weighted by molar-refractivity contribution is 0.0402. The number of methoxy groups -OCH3 is 1. The number of hydrogen-bond donors (Lipinski definition) is 1. The summed E-state index contributed by atoms with van der Waals surface area (Å²) in [7, 11) is 1.69. The van der Waals surface area contributed by atoms with Crippen molar-refractivity contribution in [1.29, 1.82) is 0 Å². The average molecular weight is 330 g/mol. The van der Waals surface area contributed by atoms with Gasteiger partial charge < -0.3 is 14.7 Å². The number of likely N-dealkylation sites (tertiary alicyclic amines) is 2. The molecule has 4 nitrogen and oxygen atoms in total. The van der Waals surface area contributed by atoms with Crippen LogP contribution in [0.3, 0.4) is 0 Å². The molecule has 0 amide bonds. The van der Waals surface area contributed by atoms with E-state index in [2.05, 4.69) is 34.1 Å². The number of benzene rings is 1. The zero-order valence-corrected chi connectivity index (χ0v) is 14.7. The van der Waals surface area contributed by atoms with Gasteiger partial charge in [-0.2, -0.15) is 0 Å². The summed E-state index contributed by atoms with van der Waals surface area (Å²) in [5, 5.41) is 9.64. The van der Waals surface area contributed by atoms with E-state index in [1.165, 1.54) is 31.5 Å². The van der Waals surface area contributed by atoms with E-state index in [0.29, 0.717) is 0 Å². The van der Waals surface area contributed by atoms with E-state index in [1.54, 1.807) is 7.11 Å². The summed E-state index contributed by atoms with van der Waals surface area (Å²) in [6.07, 6.45) is 8.80. The molecule has 0 saturated carbocycles. The molecule has 2 saturated heterocycles. The fraction of sp³-hybridized carbons (Fsp3) is 0.600. The van der Waals surface area contributed by atoms with Crippen molar-refractivity contribution in [2.24, 2.45) is 0 Å². The van der Waals surface area contributed by atoms with Crippen LogP contribution < -0.4 is 4.74 Å². The Labute approximate surface area is 145 Å². The lowest BCUT2D eigenvalue weighted by atomic mass is 9.99. The number of aliphatic hydroxyl groups is 1. The summed E-state index contributed by atoms with van der Waals surface area (Å²) < 4.78 is 5.18. The van der Waals surface area contributed by atoms with Crippen LogP contribution in [0.25, 0.3) is 6.08 Å². The smallest absolute Gasteiger partial charge is 0.118 e. The Kier molecular flexibility index (Phi) is 6.30. The average Bonchev–Trinajstić information content (AvgIpc) is 2.64. The first kappa shape index (κ1) is 17.5. The van der Waals surface area contributed by atoms with Gasteiger partial charge in [-0.15, -0.1) is 0 Å². The second kappa shape index (κ2) is 8.65. The summed E-state index contributed by atoms with van der Waals surface area (Å²) in [4.78, 5) is 5.13. The van der Waals surface area contributed by atoms with E-state index in [-0.39, 0.29) is 6.10 Å². The van der Waals surface area contributed by atoms with Crippen molar-refractivity contribution in [3.05, 3.63) is 35.9 Å². The van der Waals surface area contributed by atoms with E-state index in [0.717, 1.165) is 44.3 Å². The largest absolute Gasteiger partial charge is 0.497 e. The van der Waals surface area contributed by atoms with Crippen LogP contribution in [0.4, 0.5) is 0 Å². The molecule has 2 aliphatic heterocycles. The number of aliphatic hydroxyl groups excluding tert-OH is 1. The Morgan fingerprint density at radius 2 is 1.71 bits per heavy atom. The van der Waals surface area contributed by atoms with Gasteiger partial charge in [0.2, 0.25) is 0 Å². The molecule has 2 aliphatic rings. The maximum absolute atomic E-state index is 9.64. The van der Waals surface area contributed by atoms with E-state index in [1.807, 2.05) is 12.1 Å². The molecular weight excluding hydrogens is 300 g/mol. The quantitative estimate of drug-likeness (QED) is 0.900. The third-order valence-corrected chi connectivity index (χ3v) is 5.36. The molecule has 1 aromatic rings. The highest BCUT2D eigenvalue weighted by Crippen LogP contribution is 2.21. The number of rotatable bonds is 5. The second-order valence-corrected chi connectivity index (χ2v) is 6.97. The van der Waals surface area contributed by atoms with Gasteiger partial charge in [-0.25, -0.2) is 0 Å². The molecule has 0 spiro atoms. The summed E-state index contributed by atoms with van der Waals surface area (Å²) in [6.45, 7) is 5.53. The van der Waals surface area contributed by atoms with Crippen molar-refractivity contribution in [3.8, 4) is 5.75 Å². The first-order valence-electron chi connectivity index (χ1n) is 9.19. The van der Waals surface area contributed by atoms with Crippen molar-refractivity contribution in [2.45, 2.75) is 37.8 Å². The highest BCUT2D eigenvalue weighted by atomic mass is 16.5. The number of piperidine rings is 2. The molecule has 0 atom stereocenters. The molecule has 0 aliphatic carbocycles. The van der Waals surface area contributed by atoms with E-state index >= 15 is 0 Å². The molecule has 1 N–H and O–H groups in total. The SMILES string of the molecule is COc1ccc(/C=C/CN2CCC(N3CCC(O)CC3)CC2)cc1. The van der Waals surface area contributed by atoms with Gasteiger partial charge in [0.15, 0.2) is 0 Å². The summed E-state index contributed by atoms with van der Waals surface area (Å²) in [5.74, 6) is 0.902. The molecule has 2 heterocycles. The number of hydrogen-bond acceptors (Lipinski definition) is 4. The molecule has 0 aromatic heterocycles. The molecule has 0 radical (unpaired) electrons. The minimum Gasteiger partial charge on any atom is -0.497 e. The second-order valence-electron chi connectivity index (χ2n) is 6.97. The maximum atomic E-state index is 9.64. The lowest BCUT2D eigenvalue weighted by Crippen LogP contribution is -2.48. The van der Waals surface area contributed by atoms with Crippen molar-refractivity contribution in [2.75, 3.05) is 39.8 Å². The molecule has 2 fully saturated rings. The topological polar surface area (TPSA) is 35.9 Å². The highest BCUT2D eigenvalue weighted by Gasteiger charge is 2.27. The molecule has 4 heteroatoms. The Morgan fingerprint density at radius 3 is 2.33 bits per heavy atom. The molecule has 132 valence electrons. The Hall–Kier alpha value is -1.36. The van der Waals surface area contributed by atoms with Gasteiger partial charge in [0.25, 0.3) is 0 Å². The van der Waals surface area contributed by atoms with E-state index in [9.17, 15) is 5.11 Å². The molecular formula is C20H30N2O2. The van der Waals surface area contributed by atoms with Crippen LogP contribution in [0, 0.1) is 0 Å². The van der Waals surface area contributed by atoms with Gasteiger partial charge in [-0.3, -0.25) is 4.90 Å². The van der Waals surface area contributed by atoms with Crippen LogP contribution in [0.5, 0.6) is 5.75 Å². The fourth-order valence-corrected chi connectivity index (χ4v) is 3.77. The minimum absolute atomic E-state index is 0.0653. The van der Waals surface area contributed by atoms with Crippen LogP contribution in [0.1, 0.15) is 31.2 Å². The Morgan fingerprint density at radius 1 is 1.04 bits per heavy atom. The number of ether oxygens (including phenoxy) is 1. The highest BCUT2D eigenvalue weighted by molar-refractivity contribution is 5.50. The van der Waals surface area contributed by atoms with Gasteiger partial charge in [0.05, 0.1) is 13.2 Å². The lowest BCUT2D eigenvalue weighted by Gasteiger charge is -2.40. The van der Waals surface area contributed by atoms with Crippen LogP contribution in [0.15, 0.2) is 30.3 Å². The summed E-state index contributed by atoms with van der Waals surface area (Å²) in [6, 6.07) is 8.90. The predicted molar refractivity (Wildman–Crippen MR) is 98.3 cm³/mol. The third kappa shape index (κ3) is 4.82. The van der Waals surface area contributed by atoms with E-state index < -0.39 is 0 Å². The Balaban J connectivity index is 1.39.